The second-order valence-corrected chi connectivity index (χ2v) is 8.66. The number of fused-ring (bicyclic) bond motifs is 1. The van der Waals surface area contributed by atoms with Gasteiger partial charge in [-0.05, 0) is 31.4 Å². The third-order valence-electron chi connectivity index (χ3n) is 3.97. The predicted octanol–water partition coefficient (Wildman–Crippen LogP) is 3.22. The first-order chi connectivity index (χ1) is 10.1. The van der Waals surface area contributed by atoms with Gasteiger partial charge >= 0.3 is 0 Å². The van der Waals surface area contributed by atoms with Crippen LogP contribution in [-0.4, -0.2) is 36.5 Å². The molecule has 1 saturated heterocycles. The number of para-hydroxylation sites is 1. The number of thiazole rings is 1. The average Bonchev–Trinajstić information content (AvgIpc) is 2.91. The van der Waals surface area contributed by atoms with Crippen molar-refractivity contribution in [2.75, 3.05) is 18.8 Å². The monoisotopic (exact) mass is 324 g/mol. The van der Waals surface area contributed by atoms with Crippen molar-refractivity contribution in [2.24, 2.45) is 0 Å². The van der Waals surface area contributed by atoms with E-state index in [2.05, 4.69) is 6.07 Å². The van der Waals surface area contributed by atoms with E-state index in [1.165, 1.54) is 4.70 Å². The molecule has 0 atom stereocenters. The first-order valence-corrected chi connectivity index (χ1v) is 9.86. The molecule has 1 aliphatic rings. The summed E-state index contributed by atoms with van der Waals surface area (Å²) in [6.07, 6.45) is 2.44. The molecule has 3 rings (SSSR count). The van der Waals surface area contributed by atoms with E-state index < -0.39 is 10.0 Å². The van der Waals surface area contributed by atoms with Gasteiger partial charge in [0.25, 0.3) is 0 Å². The Kier molecular flexibility index (Phi) is 4.28. The molecule has 21 heavy (non-hydrogen) atoms. The molecule has 4 nitrogen and oxygen atoms in total. The maximum Gasteiger partial charge on any atom is 0.214 e. The first kappa shape index (κ1) is 14.9. The van der Waals surface area contributed by atoms with Crippen LogP contribution in [0.1, 0.15) is 37.1 Å². The second-order valence-electron chi connectivity index (χ2n) is 5.51. The SMILES string of the molecule is CCCS(=O)(=O)N1CCC(c2nc3ccccc3s2)CC1. The Morgan fingerprint density at radius 2 is 2.00 bits per heavy atom. The molecule has 0 bridgehead atoms. The second kappa shape index (κ2) is 6.02. The molecular formula is C15H20N2O2S2. The Morgan fingerprint density at radius 1 is 1.29 bits per heavy atom. The van der Waals surface area contributed by atoms with Gasteiger partial charge in [0.15, 0.2) is 0 Å². The summed E-state index contributed by atoms with van der Waals surface area (Å²) in [7, 11) is -3.05. The number of hydrogen-bond acceptors (Lipinski definition) is 4. The third kappa shape index (κ3) is 3.12. The highest BCUT2D eigenvalue weighted by Crippen LogP contribution is 2.34. The summed E-state index contributed by atoms with van der Waals surface area (Å²) in [6.45, 7) is 3.16. The van der Waals surface area contributed by atoms with E-state index >= 15 is 0 Å². The van der Waals surface area contributed by atoms with Crippen molar-refractivity contribution in [3.05, 3.63) is 29.3 Å². The zero-order chi connectivity index (χ0) is 14.9. The fourth-order valence-electron chi connectivity index (χ4n) is 2.83. The van der Waals surface area contributed by atoms with E-state index in [9.17, 15) is 8.42 Å². The zero-order valence-electron chi connectivity index (χ0n) is 12.2. The molecule has 1 aromatic heterocycles. The highest BCUT2D eigenvalue weighted by Gasteiger charge is 2.29. The first-order valence-electron chi connectivity index (χ1n) is 7.43. The van der Waals surface area contributed by atoms with Gasteiger partial charge < -0.3 is 0 Å². The topological polar surface area (TPSA) is 50.3 Å². The van der Waals surface area contributed by atoms with Crippen LogP contribution in [0, 0.1) is 0 Å². The van der Waals surface area contributed by atoms with Gasteiger partial charge in [-0.25, -0.2) is 17.7 Å². The molecule has 2 aromatic rings. The Morgan fingerprint density at radius 3 is 2.67 bits per heavy atom. The molecule has 2 heterocycles. The van der Waals surface area contributed by atoms with Gasteiger partial charge in [0.1, 0.15) is 0 Å². The Balaban J connectivity index is 1.71. The van der Waals surface area contributed by atoms with Gasteiger partial charge in [-0.3, -0.25) is 0 Å². The molecule has 6 heteroatoms. The molecule has 0 spiro atoms. The minimum Gasteiger partial charge on any atom is -0.241 e. The minimum absolute atomic E-state index is 0.263. The highest BCUT2D eigenvalue weighted by molar-refractivity contribution is 7.89. The maximum atomic E-state index is 12.1. The molecular weight excluding hydrogens is 304 g/mol. The van der Waals surface area contributed by atoms with E-state index in [1.54, 1.807) is 15.6 Å². The van der Waals surface area contributed by atoms with E-state index in [-0.39, 0.29) is 5.75 Å². The molecule has 1 fully saturated rings. The molecule has 0 N–H and O–H groups in total. The van der Waals surface area contributed by atoms with E-state index in [0.29, 0.717) is 25.4 Å². The number of rotatable bonds is 4. The molecule has 0 saturated carbocycles. The van der Waals surface area contributed by atoms with Crippen LogP contribution in [0.15, 0.2) is 24.3 Å². The molecule has 0 unspecified atom stereocenters. The number of sulfonamides is 1. The lowest BCUT2D eigenvalue weighted by molar-refractivity contribution is 0.319. The van der Waals surface area contributed by atoms with Gasteiger partial charge in [0.2, 0.25) is 10.0 Å². The molecule has 0 radical (unpaired) electrons. The normalized spacial score (nSPS) is 18.3. The van der Waals surface area contributed by atoms with Crippen LogP contribution in [0.3, 0.4) is 0 Å². The number of aromatic nitrogens is 1. The summed E-state index contributed by atoms with van der Waals surface area (Å²) in [4.78, 5) is 4.71. The maximum absolute atomic E-state index is 12.1. The molecule has 0 aliphatic carbocycles. The quantitative estimate of drug-likeness (QED) is 0.867. The van der Waals surface area contributed by atoms with Crippen molar-refractivity contribution >= 4 is 31.6 Å². The van der Waals surface area contributed by atoms with Crippen molar-refractivity contribution in [1.29, 1.82) is 0 Å². The van der Waals surface area contributed by atoms with Crippen LogP contribution in [0.5, 0.6) is 0 Å². The van der Waals surface area contributed by atoms with Gasteiger partial charge in [-0.1, -0.05) is 19.1 Å². The van der Waals surface area contributed by atoms with Crippen LogP contribution >= 0.6 is 11.3 Å². The molecule has 1 aliphatic heterocycles. The van der Waals surface area contributed by atoms with Crippen molar-refractivity contribution in [3.63, 3.8) is 0 Å². The van der Waals surface area contributed by atoms with Crippen LogP contribution in [0.25, 0.3) is 10.2 Å². The fraction of sp³-hybridized carbons (Fsp3) is 0.533. The summed E-state index contributed by atoms with van der Waals surface area (Å²) in [5.74, 6) is 0.661. The largest absolute Gasteiger partial charge is 0.241 e. The van der Waals surface area contributed by atoms with Crippen LogP contribution in [0.4, 0.5) is 0 Å². The third-order valence-corrected chi connectivity index (χ3v) is 7.24. The van der Waals surface area contributed by atoms with Gasteiger partial charge in [0, 0.05) is 19.0 Å². The van der Waals surface area contributed by atoms with Crippen molar-refractivity contribution < 1.29 is 8.42 Å². The van der Waals surface area contributed by atoms with Crippen LogP contribution in [0.2, 0.25) is 0 Å². The Labute approximate surface area is 129 Å². The van der Waals surface area contributed by atoms with E-state index in [4.69, 9.17) is 4.98 Å². The average molecular weight is 324 g/mol. The number of benzene rings is 1. The summed E-state index contributed by atoms with van der Waals surface area (Å²) in [6, 6.07) is 8.17. The van der Waals surface area contributed by atoms with E-state index in [1.807, 2.05) is 25.1 Å². The lowest BCUT2D eigenvalue weighted by Gasteiger charge is -2.30. The fourth-order valence-corrected chi connectivity index (χ4v) is 5.51. The summed E-state index contributed by atoms with van der Waals surface area (Å²) in [5.41, 5.74) is 1.05. The predicted molar refractivity (Wildman–Crippen MR) is 87.2 cm³/mol. The Bertz CT molecular complexity index is 683. The van der Waals surface area contributed by atoms with Crippen molar-refractivity contribution in [3.8, 4) is 0 Å². The van der Waals surface area contributed by atoms with Crippen LogP contribution < -0.4 is 0 Å². The summed E-state index contributed by atoms with van der Waals surface area (Å²) in [5, 5.41) is 1.16. The zero-order valence-corrected chi connectivity index (χ0v) is 13.8. The minimum atomic E-state index is -3.05. The van der Waals surface area contributed by atoms with Crippen molar-refractivity contribution in [2.45, 2.75) is 32.1 Å². The van der Waals surface area contributed by atoms with Gasteiger partial charge in [-0.15, -0.1) is 11.3 Å². The molecule has 114 valence electrons. The van der Waals surface area contributed by atoms with Crippen LogP contribution in [-0.2, 0) is 10.0 Å². The van der Waals surface area contributed by atoms with E-state index in [0.717, 1.165) is 23.4 Å². The van der Waals surface area contributed by atoms with Gasteiger partial charge in [-0.2, -0.15) is 0 Å². The Hall–Kier alpha value is -0.980. The standard InChI is InChI=1S/C15H20N2O2S2/c1-2-11-21(18,19)17-9-7-12(8-10-17)15-16-13-5-3-4-6-14(13)20-15/h3-6,12H,2,7-11H2,1H3. The smallest absolute Gasteiger partial charge is 0.214 e. The number of nitrogens with zero attached hydrogens (tertiary/aromatic N) is 2. The lowest BCUT2D eigenvalue weighted by Crippen LogP contribution is -2.39. The summed E-state index contributed by atoms with van der Waals surface area (Å²) >= 11 is 1.74. The number of piperidine rings is 1. The van der Waals surface area contributed by atoms with Gasteiger partial charge in [0.05, 0.1) is 21.0 Å². The molecule has 0 amide bonds. The summed E-state index contributed by atoms with van der Waals surface area (Å²) < 4.78 is 27.0. The highest BCUT2D eigenvalue weighted by atomic mass is 32.2. The number of hydrogen-bond donors (Lipinski definition) is 0. The molecule has 1 aromatic carbocycles. The lowest BCUT2D eigenvalue weighted by atomic mass is 9.99. The van der Waals surface area contributed by atoms with Crippen molar-refractivity contribution in [1.82, 2.24) is 9.29 Å².